The van der Waals surface area contributed by atoms with Crippen molar-refractivity contribution < 1.29 is 24.2 Å². The van der Waals surface area contributed by atoms with E-state index in [0.29, 0.717) is 25.5 Å². The monoisotopic (exact) mass is 334 g/mol. The Kier molecular flexibility index (Phi) is 6.26. The van der Waals surface area contributed by atoms with Gasteiger partial charge in [-0.1, -0.05) is 17.3 Å². The number of aromatic carboxylic acids is 1. The zero-order valence-corrected chi connectivity index (χ0v) is 13.1. The van der Waals surface area contributed by atoms with E-state index >= 15 is 0 Å². The minimum Gasteiger partial charge on any atom is -0.491 e. The molecule has 0 bridgehead atoms. The maximum atomic E-state index is 11.9. The molecule has 0 aliphatic carbocycles. The summed E-state index contributed by atoms with van der Waals surface area (Å²) in [6, 6.07) is 7.35. The zero-order chi connectivity index (χ0) is 17.4. The van der Waals surface area contributed by atoms with Crippen molar-refractivity contribution in [2.75, 3.05) is 20.3 Å². The molecule has 0 aliphatic rings. The third-order valence-corrected chi connectivity index (χ3v) is 3.01. The van der Waals surface area contributed by atoms with E-state index < -0.39 is 5.97 Å². The maximum Gasteiger partial charge on any atom is 0.358 e. The molecule has 0 aliphatic heterocycles. The van der Waals surface area contributed by atoms with Crippen molar-refractivity contribution in [3.63, 3.8) is 0 Å². The summed E-state index contributed by atoms with van der Waals surface area (Å²) >= 11 is 0. The van der Waals surface area contributed by atoms with Crippen LogP contribution in [0.1, 0.15) is 16.1 Å². The molecule has 1 aromatic heterocycles. The number of carboxylic acids is 1. The first-order valence-electron chi connectivity index (χ1n) is 7.19. The second kappa shape index (κ2) is 8.63. The van der Waals surface area contributed by atoms with Crippen molar-refractivity contribution in [1.82, 2.24) is 20.3 Å². The standard InChI is InChI=1S/C15H18N4O5/c1-23-5-6-24-12-4-2-3-11(7-12)8-16-14(20)10-19-9-13(15(21)22)17-18-19/h2-4,7,9H,5-6,8,10H2,1H3,(H,16,20)(H,21,22). The molecule has 0 atom stereocenters. The van der Waals surface area contributed by atoms with Gasteiger partial charge in [-0.15, -0.1) is 5.10 Å². The van der Waals surface area contributed by atoms with Crippen LogP contribution in [0.3, 0.4) is 0 Å². The van der Waals surface area contributed by atoms with Gasteiger partial charge in [0, 0.05) is 13.7 Å². The molecule has 2 aromatic rings. The van der Waals surface area contributed by atoms with Gasteiger partial charge in [0.1, 0.15) is 18.9 Å². The van der Waals surface area contributed by atoms with E-state index in [1.54, 1.807) is 7.11 Å². The first kappa shape index (κ1) is 17.4. The average Bonchev–Trinajstić information content (AvgIpc) is 3.02. The summed E-state index contributed by atoms with van der Waals surface area (Å²) < 4.78 is 11.6. The van der Waals surface area contributed by atoms with E-state index in [9.17, 15) is 9.59 Å². The fourth-order valence-electron chi connectivity index (χ4n) is 1.87. The lowest BCUT2D eigenvalue weighted by Crippen LogP contribution is -2.27. The number of methoxy groups -OCH3 is 1. The van der Waals surface area contributed by atoms with Crippen molar-refractivity contribution >= 4 is 11.9 Å². The summed E-state index contributed by atoms with van der Waals surface area (Å²) in [5, 5.41) is 18.5. The average molecular weight is 334 g/mol. The van der Waals surface area contributed by atoms with E-state index in [4.69, 9.17) is 14.6 Å². The van der Waals surface area contributed by atoms with Crippen LogP contribution in [0.2, 0.25) is 0 Å². The highest BCUT2D eigenvalue weighted by Gasteiger charge is 2.10. The zero-order valence-electron chi connectivity index (χ0n) is 13.1. The van der Waals surface area contributed by atoms with Gasteiger partial charge < -0.3 is 19.9 Å². The second-order valence-corrected chi connectivity index (χ2v) is 4.87. The summed E-state index contributed by atoms with van der Waals surface area (Å²) in [6.07, 6.45) is 1.20. The van der Waals surface area contributed by atoms with Crippen LogP contribution in [0.5, 0.6) is 5.75 Å². The molecule has 2 N–H and O–H groups in total. The summed E-state index contributed by atoms with van der Waals surface area (Å²) in [5.41, 5.74) is 0.673. The van der Waals surface area contributed by atoms with Crippen LogP contribution in [0.15, 0.2) is 30.5 Å². The quantitative estimate of drug-likeness (QED) is 0.634. The highest BCUT2D eigenvalue weighted by Crippen LogP contribution is 2.13. The van der Waals surface area contributed by atoms with Crippen molar-refractivity contribution in [2.24, 2.45) is 0 Å². The van der Waals surface area contributed by atoms with E-state index in [1.807, 2.05) is 24.3 Å². The Labute approximate surface area is 138 Å². The summed E-state index contributed by atoms with van der Waals surface area (Å²) in [7, 11) is 1.60. The Morgan fingerprint density at radius 1 is 1.33 bits per heavy atom. The Morgan fingerprint density at radius 3 is 2.88 bits per heavy atom. The second-order valence-electron chi connectivity index (χ2n) is 4.87. The highest BCUT2D eigenvalue weighted by molar-refractivity contribution is 5.84. The highest BCUT2D eigenvalue weighted by atomic mass is 16.5. The number of benzene rings is 1. The van der Waals surface area contributed by atoms with Crippen molar-refractivity contribution in [1.29, 1.82) is 0 Å². The SMILES string of the molecule is COCCOc1cccc(CNC(=O)Cn2cc(C(=O)O)nn2)c1. The lowest BCUT2D eigenvalue weighted by molar-refractivity contribution is -0.122. The van der Waals surface area contributed by atoms with Gasteiger partial charge in [0.25, 0.3) is 0 Å². The normalized spacial score (nSPS) is 10.4. The number of hydrogen-bond donors (Lipinski definition) is 2. The van der Waals surface area contributed by atoms with Gasteiger partial charge in [-0.2, -0.15) is 0 Å². The van der Waals surface area contributed by atoms with Gasteiger partial charge >= 0.3 is 5.97 Å². The number of nitrogens with zero attached hydrogens (tertiary/aromatic N) is 3. The molecule has 0 radical (unpaired) electrons. The number of aromatic nitrogens is 3. The molecule has 0 saturated heterocycles. The molecular formula is C15H18N4O5. The third-order valence-electron chi connectivity index (χ3n) is 3.01. The van der Waals surface area contributed by atoms with Gasteiger partial charge in [0.2, 0.25) is 5.91 Å². The van der Waals surface area contributed by atoms with E-state index in [0.717, 1.165) is 5.56 Å². The van der Waals surface area contributed by atoms with E-state index in [1.165, 1.54) is 10.9 Å². The van der Waals surface area contributed by atoms with Crippen LogP contribution in [0, 0.1) is 0 Å². The summed E-state index contributed by atoms with van der Waals surface area (Å²) in [5.74, 6) is -0.796. The van der Waals surface area contributed by atoms with Gasteiger partial charge in [-0.25, -0.2) is 9.48 Å². The molecular weight excluding hydrogens is 316 g/mol. The number of carbonyl (C=O) groups is 2. The number of ether oxygens (including phenoxy) is 2. The molecule has 9 heteroatoms. The van der Waals surface area contributed by atoms with Crippen LogP contribution >= 0.6 is 0 Å². The minimum absolute atomic E-state index is 0.107. The molecule has 0 spiro atoms. The van der Waals surface area contributed by atoms with Crippen molar-refractivity contribution in [2.45, 2.75) is 13.1 Å². The number of rotatable bonds is 9. The Balaban J connectivity index is 1.82. The number of nitrogens with one attached hydrogen (secondary N) is 1. The Bertz CT molecular complexity index is 701. The molecule has 9 nitrogen and oxygen atoms in total. The topological polar surface area (TPSA) is 116 Å². The van der Waals surface area contributed by atoms with Crippen molar-refractivity contribution in [3.8, 4) is 5.75 Å². The molecule has 2 rings (SSSR count). The summed E-state index contributed by atoms with van der Waals surface area (Å²) in [6.45, 7) is 1.16. The first-order valence-corrected chi connectivity index (χ1v) is 7.19. The van der Waals surface area contributed by atoms with Crippen molar-refractivity contribution in [3.05, 3.63) is 41.7 Å². The minimum atomic E-state index is -1.19. The summed E-state index contributed by atoms with van der Waals surface area (Å²) in [4.78, 5) is 22.6. The fraction of sp³-hybridized carbons (Fsp3) is 0.333. The van der Waals surface area contributed by atoms with Crippen LogP contribution in [0.4, 0.5) is 0 Å². The van der Waals surface area contributed by atoms with Gasteiger partial charge in [-0.05, 0) is 17.7 Å². The molecule has 1 amide bonds. The fourth-order valence-corrected chi connectivity index (χ4v) is 1.87. The number of carbonyl (C=O) groups excluding carboxylic acids is 1. The number of carboxylic acid groups (broad SMARTS) is 1. The van der Waals surface area contributed by atoms with Crippen LogP contribution < -0.4 is 10.1 Å². The molecule has 128 valence electrons. The lowest BCUT2D eigenvalue weighted by atomic mass is 10.2. The molecule has 0 unspecified atom stereocenters. The smallest absolute Gasteiger partial charge is 0.358 e. The molecule has 1 aromatic carbocycles. The first-order chi connectivity index (χ1) is 11.6. The lowest BCUT2D eigenvalue weighted by Gasteiger charge is -2.08. The van der Waals surface area contributed by atoms with Gasteiger partial charge in [0.15, 0.2) is 5.69 Å². The van der Waals surface area contributed by atoms with Crippen LogP contribution in [0.25, 0.3) is 0 Å². The Hall–Kier alpha value is -2.94. The molecule has 1 heterocycles. The van der Waals surface area contributed by atoms with E-state index in [-0.39, 0.29) is 18.1 Å². The number of hydrogen-bond acceptors (Lipinski definition) is 6. The van der Waals surface area contributed by atoms with E-state index in [2.05, 4.69) is 15.6 Å². The van der Waals surface area contributed by atoms with Crippen LogP contribution in [-0.4, -0.2) is 52.3 Å². The van der Waals surface area contributed by atoms with Gasteiger partial charge in [-0.3, -0.25) is 4.79 Å². The molecule has 0 saturated carbocycles. The maximum absolute atomic E-state index is 11.9. The van der Waals surface area contributed by atoms with Crippen LogP contribution in [-0.2, 0) is 22.6 Å². The largest absolute Gasteiger partial charge is 0.491 e. The molecule has 24 heavy (non-hydrogen) atoms. The van der Waals surface area contributed by atoms with Gasteiger partial charge in [0.05, 0.1) is 12.8 Å². The number of amides is 1. The molecule has 0 fully saturated rings. The Morgan fingerprint density at radius 2 is 2.17 bits per heavy atom. The predicted molar refractivity (Wildman–Crippen MR) is 82.6 cm³/mol. The predicted octanol–water partition coefficient (Wildman–Crippen LogP) is 0.318. The third kappa shape index (κ3) is 5.36.